The zero-order valence-electron chi connectivity index (χ0n) is 10.6. The quantitative estimate of drug-likeness (QED) is 0.360. The molecule has 0 aliphatic heterocycles. The van der Waals surface area contributed by atoms with Gasteiger partial charge in [-0.25, -0.2) is 26.7 Å². The number of sulfonamides is 1. The van der Waals surface area contributed by atoms with Crippen LogP contribution in [0.25, 0.3) is 0 Å². The number of ether oxygens (including phenoxy) is 1. The molecule has 21 heavy (non-hydrogen) atoms. The SMILES string of the molecule is NS(=O)(=O)CCCCCOc1c(F)c(F)c(F)c(F)c1F. The number of hydrogen-bond acceptors (Lipinski definition) is 3. The Bertz CT molecular complexity index is 592. The van der Waals surface area contributed by atoms with Gasteiger partial charge in [0.2, 0.25) is 39.1 Å². The first kappa shape index (κ1) is 17.6. The zero-order chi connectivity index (χ0) is 16.2. The molecule has 120 valence electrons. The fraction of sp³-hybridized carbons (Fsp3) is 0.455. The lowest BCUT2D eigenvalue weighted by molar-refractivity contribution is 0.256. The normalized spacial score (nSPS) is 11.7. The van der Waals surface area contributed by atoms with E-state index in [1.54, 1.807) is 0 Å². The Kier molecular flexibility index (Phi) is 5.90. The fourth-order valence-corrected chi connectivity index (χ4v) is 2.07. The average Bonchev–Trinajstić information content (AvgIpc) is 2.40. The van der Waals surface area contributed by atoms with E-state index in [9.17, 15) is 30.4 Å². The molecule has 0 aliphatic rings. The predicted octanol–water partition coefficient (Wildman–Crippen LogP) is 2.22. The zero-order valence-corrected chi connectivity index (χ0v) is 11.5. The van der Waals surface area contributed by atoms with E-state index in [1.807, 2.05) is 0 Å². The molecule has 0 atom stereocenters. The molecular formula is C11H12F5NO3S. The molecule has 1 rings (SSSR count). The van der Waals surface area contributed by atoms with E-state index in [0.29, 0.717) is 6.42 Å². The van der Waals surface area contributed by atoms with Crippen LogP contribution >= 0.6 is 0 Å². The van der Waals surface area contributed by atoms with Crippen molar-refractivity contribution in [1.29, 1.82) is 0 Å². The number of halogens is 5. The van der Waals surface area contributed by atoms with Crippen LogP contribution in [0.4, 0.5) is 22.0 Å². The molecule has 1 aromatic rings. The van der Waals surface area contributed by atoms with Crippen LogP contribution in [-0.2, 0) is 10.0 Å². The maximum Gasteiger partial charge on any atom is 0.209 e. The molecule has 0 spiro atoms. The van der Waals surface area contributed by atoms with Crippen molar-refractivity contribution in [3.8, 4) is 5.75 Å². The van der Waals surface area contributed by atoms with Crippen LogP contribution in [0.3, 0.4) is 0 Å². The minimum atomic E-state index is -3.59. The minimum Gasteiger partial charge on any atom is -0.487 e. The summed E-state index contributed by atoms with van der Waals surface area (Å²) in [5, 5.41) is 4.75. The fourth-order valence-electron chi connectivity index (χ4n) is 1.47. The molecular weight excluding hydrogens is 321 g/mol. The number of rotatable bonds is 7. The van der Waals surface area contributed by atoms with Crippen LogP contribution in [0.5, 0.6) is 5.75 Å². The van der Waals surface area contributed by atoms with Crippen LogP contribution in [0.1, 0.15) is 19.3 Å². The summed E-state index contributed by atoms with van der Waals surface area (Å²) in [4.78, 5) is 0. The summed E-state index contributed by atoms with van der Waals surface area (Å²) in [6.45, 7) is -0.330. The van der Waals surface area contributed by atoms with Gasteiger partial charge in [0, 0.05) is 0 Å². The van der Waals surface area contributed by atoms with Crippen molar-refractivity contribution in [3.63, 3.8) is 0 Å². The summed E-state index contributed by atoms with van der Waals surface area (Å²) in [5.41, 5.74) is 0. The Morgan fingerprint density at radius 2 is 1.29 bits per heavy atom. The molecule has 10 heteroatoms. The second kappa shape index (κ2) is 7.03. The van der Waals surface area contributed by atoms with Crippen molar-refractivity contribution in [1.82, 2.24) is 0 Å². The summed E-state index contributed by atoms with van der Waals surface area (Å²) in [6, 6.07) is 0. The molecule has 1 aromatic carbocycles. The van der Waals surface area contributed by atoms with Crippen molar-refractivity contribution < 1.29 is 35.1 Å². The molecule has 0 saturated heterocycles. The largest absolute Gasteiger partial charge is 0.487 e. The number of hydrogen-bond donors (Lipinski definition) is 1. The van der Waals surface area contributed by atoms with Crippen LogP contribution < -0.4 is 9.88 Å². The van der Waals surface area contributed by atoms with Crippen molar-refractivity contribution >= 4 is 10.0 Å². The number of unbranched alkanes of at least 4 members (excludes halogenated alkanes) is 2. The number of benzene rings is 1. The molecule has 4 nitrogen and oxygen atoms in total. The third-order valence-corrected chi connectivity index (χ3v) is 3.35. The van der Waals surface area contributed by atoms with Crippen LogP contribution in [0.2, 0.25) is 0 Å². The van der Waals surface area contributed by atoms with Crippen molar-refractivity contribution in [3.05, 3.63) is 29.1 Å². The Morgan fingerprint density at radius 3 is 1.76 bits per heavy atom. The molecule has 0 unspecified atom stereocenters. The second-order valence-corrected chi connectivity index (χ2v) is 5.91. The van der Waals surface area contributed by atoms with Gasteiger partial charge in [-0.05, 0) is 19.3 Å². The Hall–Kier alpha value is -1.42. The lowest BCUT2D eigenvalue weighted by atomic mass is 10.2. The van der Waals surface area contributed by atoms with Gasteiger partial charge in [-0.3, -0.25) is 0 Å². The highest BCUT2D eigenvalue weighted by Crippen LogP contribution is 2.29. The predicted molar refractivity (Wildman–Crippen MR) is 63.6 cm³/mol. The van der Waals surface area contributed by atoms with Crippen molar-refractivity contribution in [2.45, 2.75) is 19.3 Å². The third kappa shape index (κ3) is 4.81. The van der Waals surface area contributed by atoms with Crippen molar-refractivity contribution in [2.24, 2.45) is 5.14 Å². The van der Waals surface area contributed by atoms with Gasteiger partial charge >= 0.3 is 0 Å². The van der Waals surface area contributed by atoms with E-state index >= 15 is 0 Å². The molecule has 0 amide bonds. The minimum absolute atomic E-state index is 0.162. The standard InChI is InChI=1S/C11H12F5NO3S/c12-6-7(13)9(15)11(10(16)8(6)14)20-4-2-1-3-5-21(17,18)19/h1-5H2,(H2,17,18,19). The van der Waals surface area contributed by atoms with E-state index in [-0.39, 0.29) is 25.2 Å². The highest BCUT2D eigenvalue weighted by Gasteiger charge is 2.26. The molecule has 0 bridgehead atoms. The average molecular weight is 333 g/mol. The molecule has 2 N–H and O–H groups in total. The maximum atomic E-state index is 13.2. The van der Waals surface area contributed by atoms with Gasteiger partial charge in [-0.1, -0.05) is 0 Å². The van der Waals surface area contributed by atoms with E-state index in [1.165, 1.54) is 0 Å². The van der Waals surface area contributed by atoms with E-state index in [2.05, 4.69) is 4.74 Å². The third-order valence-electron chi connectivity index (χ3n) is 2.49. The summed E-state index contributed by atoms with van der Waals surface area (Å²) in [5.74, 6) is -12.1. The smallest absolute Gasteiger partial charge is 0.209 e. The van der Waals surface area contributed by atoms with Gasteiger partial charge in [-0.2, -0.15) is 8.78 Å². The topological polar surface area (TPSA) is 69.4 Å². The van der Waals surface area contributed by atoms with Crippen LogP contribution in [0, 0.1) is 29.1 Å². The monoisotopic (exact) mass is 333 g/mol. The van der Waals surface area contributed by atoms with Crippen molar-refractivity contribution in [2.75, 3.05) is 12.4 Å². The first-order chi connectivity index (χ1) is 9.65. The van der Waals surface area contributed by atoms with E-state index in [4.69, 9.17) is 5.14 Å². The maximum absolute atomic E-state index is 13.2. The molecule has 0 aromatic heterocycles. The first-order valence-corrected chi connectivity index (χ1v) is 7.51. The summed E-state index contributed by atoms with van der Waals surface area (Å²) in [6.07, 6.45) is 0.653. The van der Waals surface area contributed by atoms with Gasteiger partial charge < -0.3 is 4.74 Å². The highest BCUT2D eigenvalue weighted by molar-refractivity contribution is 7.89. The summed E-state index contributed by atoms with van der Waals surface area (Å²) in [7, 11) is -3.59. The number of primary sulfonamides is 1. The van der Waals surface area contributed by atoms with Gasteiger partial charge in [0.25, 0.3) is 0 Å². The van der Waals surface area contributed by atoms with Gasteiger partial charge in [0.15, 0.2) is 5.75 Å². The summed E-state index contributed by atoms with van der Waals surface area (Å²) >= 11 is 0. The van der Waals surface area contributed by atoms with Gasteiger partial charge in [-0.15, -0.1) is 0 Å². The molecule has 0 fully saturated rings. The molecule has 0 saturated carbocycles. The second-order valence-electron chi connectivity index (χ2n) is 4.18. The van der Waals surface area contributed by atoms with Gasteiger partial charge in [0.05, 0.1) is 12.4 Å². The van der Waals surface area contributed by atoms with E-state index < -0.39 is 44.9 Å². The van der Waals surface area contributed by atoms with Crippen LogP contribution in [-0.4, -0.2) is 20.8 Å². The first-order valence-electron chi connectivity index (χ1n) is 5.80. The Balaban J connectivity index is 2.57. The van der Waals surface area contributed by atoms with Gasteiger partial charge in [0.1, 0.15) is 0 Å². The highest BCUT2D eigenvalue weighted by atomic mass is 32.2. The Morgan fingerprint density at radius 1 is 0.810 bits per heavy atom. The number of nitrogens with two attached hydrogens (primary N) is 1. The summed E-state index contributed by atoms with van der Waals surface area (Å²) < 4.78 is 90.6. The lowest BCUT2D eigenvalue weighted by Gasteiger charge is -2.10. The molecule has 0 heterocycles. The lowest BCUT2D eigenvalue weighted by Crippen LogP contribution is -2.16. The van der Waals surface area contributed by atoms with Crippen LogP contribution in [0.15, 0.2) is 0 Å². The molecule has 0 radical (unpaired) electrons. The Labute approximate surface area is 117 Å². The molecule has 0 aliphatic carbocycles. The van der Waals surface area contributed by atoms with E-state index in [0.717, 1.165) is 0 Å².